The zero-order chi connectivity index (χ0) is 13.5. The molecule has 19 heavy (non-hydrogen) atoms. The minimum atomic E-state index is 0.340. The molecule has 3 atom stereocenters. The summed E-state index contributed by atoms with van der Waals surface area (Å²) < 4.78 is 11.7. The van der Waals surface area contributed by atoms with Crippen LogP contribution < -0.4 is 5.32 Å². The first-order chi connectivity index (χ1) is 9.25. The standard InChI is InChI=1S/C15H30N2O2/c1-13-5-3-4-6-15(13)19-9-7-16-11-14-12-17(2)8-10-18-14/h13-16H,3-12H2,1-2H3/t13-,14+,15-/m1/s1. The average molecular weight is 270 g/mol. The van der Waals surface area contributed by atoms with Gasteiger partial charge in [-0.05, 0) is 25.8 Å². The van der Waals surface area contributed by atoms with Crippen LogP contribution in [0.3, 0.4) is 0 Å². The quantitative estimate of drug-likeness (QED) is 0.742. The van der Waals surface area contributed by atoms with E-state index in [9.17, 15) is 0 Å². The number of nitrogens with zero attached hydrogens (tertiary/aromatic N) is 1. The number of nitrogens with one attached hydrogen (secondary N) is 1. The van der Waals surface area contributed by atoms with Gasteiger partial charge in [-0.15, -0.1) is 0 Å². The largest absolute Gasteiger partial charge is 0.377 e. The third-order valence-corrected chi connectivity index (χ3v) is 4.36. The van der Waals surface area contributed by atoms with E-state index >= 15 is 0 Å². The van der Waals surface area contributed by atoms with Crippen molar-refractivity contribution in [2.24, 2.45) is 5.92 Å². The summed E-state index contributed by atoms with van der Waals surface area (Å²) in [7, 11) is 2.16. The third-order valence-electron chi connectivity index (χ3n) is 4.36. The fraction of sp³-hybridized carbons (Fsp3) is 1.00. The molecule has 1 heterocycles. The second-order valence-electron chi connectivity index (χ2n) is 6.13. The number of hydrogen-bond acceptors (Lipinski definition) is 4. The Hall–Kier alpha value is -0.160. The van der Waals surface area contributed by atoms with E-state index in [0.29, 0.717) is 12.2 Å². The SMILES string of the molecule is C[C@@H]1CCCC[C@H]1OCCNC[C@H]1CN(C)CCO1. The third kappa shape index (κ3) is 5.38. The highest BCUT2D eigenvalue weighted by molar-refractivity contribution is 4.73. The number of likely N-dealkylation sites (N-methyl/N-ethyl adjacent to an activating group) is 1. The maximum absolute atomic E-state index is 5.99. The molecule has 0 spiro atoms. The summed E-state index contributed by atoms with van der Waals surface area (Å²) in [4.78, 5) is 2.33. The summed E-state index contributed by atoms with van der Waals surface area (Å²) in [6.45, 7) is 7.98. The van der Waals surface area contributed by atoms with Crippen LogP contribution >= 0.6 is 0 Å². The Morgan fingerprint density at radius 3 is 2.95 bits per heavy atom. The summed E-state index contributed by atoms with van der Waals surface area (Å²) in [6, 6.07) is 0. The van der Waals surface area contributed by atoms with Crippen molar-refractivity contribution in [3.05, 3.63) is 0 Å². The van der Waals surface area contributed by atoms with E-state index in [1.165, 1.54) is 25.7 Å². The minimum absolute atomic E-state index is 0.340. The molecule has 4 heteroatoms. The first kappa shape index (κ1) is 15.2. The highest BCUT2D eigenvalue weighted by atomic mass is 16.5. The maximum Gasteiger partial charge on any atom is 0.0826 e. The molecule has 0 unspecified atom stereocenters. The van der Waals surface area contributed by atoms with Crippen molar-refractivity contribution in [3.63, 3.8) is 0 Å². The molecule has 0 aromatic rings. The van der Waals surface area contributed by atoms with Crippen molar-refractivity contribution in [3.8, 4) is 0 Å². The Balaban J connectivity index is 1.49. The lowest BCUT2D eigenvalue weighted by atomic mass is 9.88. The van der Waals surface area contributed by atoms with Gasteiger partial charge in [0, 0.05) is 26.2 Å². The average Bonchev–Trinajstić information content (AvgIpc) is 2.40. The molecular formula is C15H30N2O2. The highest BCUT2D eigenvalue weighted by Crippen LogP contribution is 2.25. The van der Waals surface area contributed by atoms with E-state index in [2.05, 4.69) is 24.2 Å². The lowest BCUT2D eigenvalue weighted by Gasteiger charge is -2.30. The molecule has 1 N–H and O–H groups in total. The summed E-state index contributed by atoms with van der Waals surface area (Å²) in [6.07, 6.45) is 6.13. The molecule has 2 fully saturated rings. The Labute approximate surface area is 117 Å². The van der Waals surface area contributed by atoms with Gasteiger partial charge >= 0.3 is 0 Å². The van der Waals surface area contributed by atoms with Crippen LogP contribution in [0.1, 0.15) is 32.6 Å². The predicted octanol–water partition coefficient (Wildman–Crippen LogP) is 1.50. The molecule has 0 bridgehead atoms. The Morgan fingerprint density at radius 2 is 2.16 bits per heavy atom. The Morgan fingerprint density at radius 1 is 1.32 bits per heavy atom. The van der Waals surface area contributed by atoms with Gasteiger partial charge in [0.15, 0.2) is 0 Å². The van der Waals surface area contributed by atoms with Gasteiger partial charge in [0.2, 0.25) is 0 Å². The molecular weight excluding hydrogens is 240 g/mol. The lowest BCUT2D eigenvalue weighted by Crippen LogP contribution is -2.45. The smallest absolute Gasteiger partial charge is 0.0826 e. The summed E-state index contributed by atoms with van der Waals surface area (Å²) in [5.74, 6) is 0.740. The van der Waals surface area contributed by atoms with Crippen molar-refractivity contribution in [2.75, 3.05) is 46.4 Å². The van der Waals surface area contributed by atoms with Crippen molar-refractivity contribution >= 4 is 0 Å². The molecule has 4 nitrogen and oxygen atoms in total. The normalized spacial score (nSPS) is 33.5. The molecule has 0 aromatic heterocycles. The Kier molecular flexibility index (Phi) is 6.57. The molecule has 0 amide bonds. The zero-order valence-electron chi connectivity index (χ0n) is 12.6. The van der Waals surface area contributed by atoms with Gasteiger partial charge in [-0.1, -0.05) is 19.8 Å². The summed E-state index contributed by atoms with van der Waals surface area (Å²) >= 11 is 0. The number of ether oxygens (including phenoxy) is 2. The van der Waals surface area contributed by atoms with Gasteiger partial charge in [-0.25, -0.2) is 0 Å². The van der Waals surface area contributed by atoms with Gasteiger partial charge in [0.25, 0.3) is 0 Å². The zero-order valence-corrected chi connectivity index (χ0v) is 12.6. The molecule has 1 saturated heterocycles. The predicted molar refractivity (Wildman–Crippen MR) is 77.5 cm³/mol. The first-order valence-electron chi connectivity index (χ1n) is 7.88. The van der Waals surface area contributed by atoms with E-state index < -0.39 is 0 Å². The summed E-state index contributed by atoms with van der Waals surface area (Å²) in [5.41, 5.74) is 0. The van der Waals surface area contributed by atoms with Crippen molar-refractivity contribution in [2.45, 2.75) is 44.8 Å². The molecule has 2 rings (SSSR count). The van der Waals surface area contributed by atoms with Crippen LogP contribution in [0.2, 0.25) is 0 Å². The number of rotatable bonds is 6. The fourth-order valence-corrected chi connectivity index (χ4v) is 3.07. The van der Waals surface area contributed by atoms with E-state index in [4.69, 9.17) is 9.47 Å². The highest BCUT2D eigenvalue weighted by Gasteiger charge is 2.21. The molecule has 1 aliphatic carbocycles. The monoisotopic (exact) mass is 270 g/mol. The number of morpholine rings is 1. The van der Waals surface area contributed by atoms with Crippen LogP contribution in [-0.2, 0) is 9.47 Å². The van der Waals surface area contributed by atoms with Gasteiger partial charge < -0.3 is 19.7 Å². The second kappa shape index (κ2) is 8.20. The fourth-order valence-electron chi connectivity index (χ4n) is 3.07. The second-order valence-corrected chi connectivity index (χ2v) is 6.13. The van der Waals surface area contributed by atoms with Crippen molar-refractivity contribution < 1.29 is 9.47 Å². The van der Waals surface area contributed by atoms with Crippen LogP contribution in [0.4, 0.5) is 0 Å². The summed E-state index contributed by atoms with van der Waals surface area (Å²) in [5, 5.41) is 3.45. The minimum Gasteiger partial charge on any atom is -0.377 e. The van der Waals surface area contributed by atoms with Crippen molar-refractivity contribution in [1.29, 1.82) is 0 Å². The van der Waals surface area contributed by atoms with Crippen molar-refractivity contribution in [1.82, 2.24) is 10.2 Å². The van der Waals surface area contributed by atoms with Crippen LogP contribution in [-0.4, -0.2) is 63.5 Å². The molecule has 1 saturated carbocycles. The molecule has 112 valence electrons. The maximum atomic E-state index is 5.99. The van der Waals surface area contributed by atoms with Crippen LogP contribution in [0.15, 0.2) is 0 Å². The lowest BCUT2D eigenvalue weighted by molar-refractivity contribution is -0.0230. The van der Waals surface area contributed by atoms with Crippen LogP contribution in [0, 0.1) is 5.92 Å². The topological polar surface area (TPSA) is 33.7 Å². The molecule has 0 radical (unpaired) electrons. The van der Waals surface area contributed by atoms with Gasteiger partial charge in [0.1, 0.15) is 0 Å². The van der Waals surface area contributed by atoms with E-state index in [-0.39, 0.29) is 0 Å². The number of hydrogen-bond donors (Lipinski definition) is 1. The van der Waals surface area contributed by atoms with Gasteiger partial charge in [0.05, 0.1) is 25.4 Å². The molecule has 0 aromatic carbocycles. The van der Waals surface area contributed by atoms with E-state index in [0.717, 1.165) is 45.3 Å². The van der Waals surface area contributed by atoms with Crippen LogP contribution in [0.5, 0.6) is 0 Å². The van der Waals surface area contributed by atoms with E-state index in [1.807, 2.05) is 0 Å². The van der Waals surface area contributed by atoms with E-state index in [1.54, 1.807) is 0 Å². The Bertz CT molecular complexity index is 250. The van der Waals surface area contributed by atoms with Crippen LogP contribution in [0.25, 0.3) is 0 Å². The first-order valence-corrected chi connectivity index (χ1v) is 7.88. The van der Waals surface area contributed by atoms with Gasteiger partial charge in [-0.3, -0.25) is 0 Å². The molecule has 1 aliphatic heterocycles. The molecule has 2 aliphatic rings. The van der Waals surface area contributed by atoms with Gasteiger partial charge in [-0.2, -0.15) is 0 Å².